The van der Waals surface area contributed by atoms with Gasteiger partial charge in [-0.1, -0.05) is 42.5 Å². The number of hydrogen-bond acceptors (Lipinski definition) is 2. The Labute approximate surface area is 115 Å². The van der Waals surface area contributed by atoms with Gasteiger partial charge in [-0.2, -0.15) is 0 Å². The van der Waals surface area contributed by atoms with Gasteiger partial charge in [0.15, 0.2) is 0 Å². The van der Waals surface area contributed by atoms with Crippen molar-refractivity contribution < 1.29 is 4.74 Å². The molecule has 0 heterocycles. The molecule has 0 saturated carbocycles. The number of benzene rings is 2. The van der Waals surface area contributed by atoms with Crippen LogP contribution in [0, 0.1) is 0 Å². The third-order valence-corrected chi connectivity index (χ3v) is 2.95. The fourth-order valence-electron chi connectivity index (χ4n) is 2.09. The number of hydrogen-bond donors (Lipinski definition) is 1. The molecule has 0 amide bonds. The van der Waals surface area contributed by atoms with Crippen molar-refractivity contribution in [1.29, 1.82) is 0 Å². The van der Waals surface area contributed by atoms with Gasteiger partial charge in [0, 0.05) is 6.04 Å². The van der Waals surface area contributed by atoms with E-state index in [1.807, 2.05) is 44.2 Å². The van der Waals surface area contributed by atoms with E-state index >= 15 is 0 Å². The van der Waals surface area contributed by atoms with Gasteiger partial charge in [0.2, 0.25) is 0 Å². The van der Waals surface area contributed by atoms with Gasteiger partial charge < -0.3 is 10.5 Å². The van der Waals surface area contributed by atoms with Gasteiger partial charge in [0.1, 0.15) is 5.75 Å². The van der Waals surface area contributed by atoms with E-state index < -0.39 is 0 Å². The zero-order chi connectivity index (χ0) is 13.7. The summed E-state index contributed by atoms with van der Waals surface area (Å²) in [5.74, 6) is 0.910. The topological polar surface area (TPSA) is 35.2 Å². The Balaban J connectivity index is 2.06. The van der Waals surface area contributed by atoms with Crippen LogP contribution in [0.5, 0.6) is 5.75 Å². The number of nitrogens with two attached hydrogens (primary N) is 1. The molecule has 0 aromatic heterocycles. The monoisotopic (exact) mass is 255 g/mol. The Morgan fingerprint density at radius 1 is 1.00 bits per heavy atom. The molecule has 0 aliphatic rings. The van der Waals surface area contributed by atoms with Crippen LogP contribution in [0.25, 0.3) is 0 Å². The zero-order valence-electron chi connectivity index (χ0n) is 11.5. The molecule has 0 saturated heterocycles. The summed E-state index contributed by atoms with van der Waals surface area (Å²) in [5, 5.41) is 0. The van der Waals surface area contributed by atoms with E-state index in [-0.39, 0.29) is 12.1 Å². The van der Waals surface area contributed by atoms with Crippen LogP contribution in [0.1, 0.15) is 31.0 Å². The molecule has 0 radical (unpaired) electrons. The maximum absolute atomic E-state index is 6.24. The molecular formula is C17H21NO. The first kappa shape index (κ1) is 13.6. The first-order valence-electron chi connectivity index (χ1n) is 6.71. The Morgan fingerprint density at radius 2 is 1.74 bits per heavy atom. The van der Waals surface area contributed by atoms with Gasteiger partial charge in [0.05, 0.1) is 6.10 Å². The molecule has 1 unspecified atom stereocenters. The lowest BCUT2D eigenvalue weighted by atomic mass is 10.00. The van der Waals surface area contributed by atoms with Gasteiger partial charge in [-0.3, -0.25) is 0 Å². The summed E-state index contributed by atoms with van der Waals surface area (Å²) < 4.78 is 5.70. The van der Waals surface area contributed by atoms with Crippen LogP contribution in [-0.2, 0) is 6.42 Å². The van der Waals surface area contributed by atoms with Gasteiger partial charge in [-0.05, 0) is 43.5 Å². The van der Waals surface area contributed by atoms with Gasteiger partial charge in [-0.15, -0.1) is 0 Å². The van der Waals surface area contributed by atoms with Crippen LogP contribution in [0.3, 0.4) is 0 Å². The Hall–Kier alpha value is -1.80. The van der Waals surface area contributed by atoms with Crippen molar-refractivity contribution >= 4 is 0 Å². The highest BCUT2D eigenvalue weighted by molar-refractivity contribution is 5.30. The number of rotatable bonds is 5. The summed E-state index contributed by atoms with van der Waals surface area (Å²) in [5.41, 5.74) is 8.61. The second-order valence-electron chi connectivity index (χ2n) is 5.04. The quantitative estimate of drug-likeness (QED) is 0.883. The SMILES string of the molecule is CC(C)Oc1cccc(CC(N)c2ccccc2)c1. The molecule has 2 aromatic rings. The van der Waals surface area contributed by atoms with Gasteiger partial charge >= 0.3 is 0 Å². The van der Waals surface area contributed by atoms with E-state index in [9.17, 15) is 0 Å². The van der Waals surface area contributed by atoms with Crippen LogP contribution < -0.4 is 10.5 Å². The van der Waals surface area contributed by atoms with Crippen LogP contribution in [0.15, 0.2) is 54.6 Å². The molecule has 100 valence electrons. The van der Waals surface area contributed by atoms with Crippen molar-refractivity contribution in [3.05, 3.63) is 65.7 Å². The number of ether oxygens (including phenoxy) is 1. The van der Waals surface area contributed by atoms with Crippen molar-refractivity contribution in [2.24, 2.45) is 5.73 Å². The molecule has 2 rings (SSSR count). The highest BCUT2D eigenvalue weighted by Gasteiger charge is 2.07. The standard InChI is InChI=1S/C17H21NO/c1-13(2)19-16-10-6-7-14(11-16)12-17(18)15-8-4-3-5-9-15/h3-11,13,17H,12,18H2,1-2H3. The maximum Gasteiger partial charge on any atom is 0.119 e. The summed E-state index contributed by atoms with van der Waals surface area (Å²) in [4.78, 5) is 0. The van der Waals surface area contributed by atoms with Crippen LogP contribution >= 0.6 is 0 Å². The van der Waals surface area contributed by atoms with Crippen molar-refractivity contribution in [1.82, 2.24) is 0 Å². The third-order valence-electron chi connectivity index (χ3n) is 2.95. The predicted molar refractivity (Wildman–Crippen MR) is 79.3 cm³/mol. The summed E-state index contributed by atoms with van der Waals surface area (Å²) in [6.45, 7) is 4.06. The summed E-state index contributed by atoms with van der Waals surface area (Å²) in [6.07, 6.45) is 1.01. The fraction of sp³-hybridized carbons (Fsp3) is 0.294. The Bertz CT molecular complexity index is 508. The normalized spacial score (nSPS) is 12.4. The van der Waals surface area contributed by atoms with E-state index in [4.69, 9.17) is 10.5 Å². The van der Waals surface area contributed by atoms with Crippen molar-refractivity contribution in [3.8, 4) is 5.75 Å². The van der Waals surface area contributed by atoms with Crippen LogP contribution in [0.2, 0.25) is 0 Å². The molecule has 0 spiro atoms. The van der Waals surface area contributed by atoms with Crippen molar-refractivity contribution in [2.75, 3.05) is 0 Å². The van der Waals surface area contributed by atoms with E-state index in [1.54, 1.807) is 0 Å². The minimum absolute atomic E-state index is 0.0236. The summed E-state index contributed by atoms with van der Waals surface area (Å²) in [7, 11) is 0. The van der Waals surface area contributed by atoms with E-state index in [2.05, 4.69) is 24.3 Å². The Morgan fingerprint density at radius 3 is 2.42 bits per heavy atom. The van der Waals surface area contributed by atoms with Crippen molar-refractivity contribution in [3.63, 3.8) is 0 Å². The molecule has 0 aliphatic heterocycles. The maximum atomic E-state index is 6.24. The molecular weight excluding hydrogens is 234 g/mol. The van der Waals surface area contributed by atoms with Crippen LogP contribution in [-0.4, -0.2) is 6.10 Å². The molecule has 1 atom stereocenters. The lowest BCUT2D eigenvalue weighted by molar-refractivity contribution is 0.242. The molecule has 19 heavy (non-hydrogen) atoms. The third kappa shape index (κ3) is 4.11. The molecule has 2 N–H and O–H groups in total. The molecule has 2 heteroatoms. The first-order valence-corrected chi connectivity index (χ1v) is 6.71. The van der Waals surface area contributed by atoms with E-state index in [1.165, 1.54) is 5.56 Å². The smallest absolute Gasteiger partial charge is 0.119 e. The molecule has 0 aliphatic carbocycles. The average Bonchev–Trinajstić information content (AvgIpc) is 2.39. The fourth-order valence-corrected chi connectivity index (χ4v) is 2.09. The second-order valence-corrected chi connectivity index (χ2v) is 5.04. The highest BCUT2D eigenvalue weighted by atomic mass is 16.5. The van der Waals surface area contributed by atoms with Gasteiger partial charge in [0.25, 0.3) is 0 Å². The Kier molecular flexibility index (Phi) is 4.58. The minimum atomic E-state index is 0.0236. The van der Waals surface area contributed by atoms with E-state index in [0.29, 0.717) is 0 Å². The highest BCUT2D eigenvalue weighted by Crippen LogP contribution is 2.20. The van der Waals surface area contributed by atoms with E-state index in [0.717, 1.165) is 17.7 Å². The lowest BCUT2D eigenvalue weighted by Gasteiger charge is -2.14. The summed E-state index contributed by atoms with van der Waals surface area (Å²) in [6, 6.07) is 18.4. The molecule has 2 nitrogen and oxygen atoms in total. The second kappa shape index (κ2) is 6.39. The van der Waals surface area contributed by atoms with Gasteiger partial charge in [-0.25, -0.2) is 0 Å². The first-order chi connectivity index (χ1) is 9.15. The largest absolute Gasteiger partial charge is 0.491 e. The lowest BCUT2D eigenvalue weighted by Crippen LogP contribution is -2.13. The molecule has 2 aromatic carbocycles. The van der Waals surface area contributed by atoms with Crippen molar-refractivity contribution in [2.45, 2.75) is 32.4 Å². The minimum Gasteiger partial charge on any atom is -0.491 e. The molecule has 0 fully saturated rings. The van der Waals surface area contributed by atoms with Crippen LogP contribution in [0.4, 0.5) is 0 Å². The predicted octanol–water partition coefficient (Wildman–Crippen LogP) is 3.72. The zero-order valence-corrected chi connectivity index (χ0v) is 11.5. The summed E-state index contributed by atoms with van der Waals surface area (Å²) >= 11 is 0. The molecule has 0 bridgehead atoms. The average molecular weight is 255 g/mol.